The molecule has 0 aliphatic carbocycles. The van der Waals surface area contributed by atoms with E-state index in [4.69, 9.17) is 5.84 Å². The van der Waals surface area contributed by atoms with Crippen LogP contribution >= 0.6 is 0 Å². The second kappa shape index (κ2) is 5.58. The predicted molar refractivity (Wildman–Crippen MR) is 87.2 cm³/mol. The lowest BCUT2D eigenvalue weighted by Crippen LogP contribution is -2.13. The Morgan fingerprint density at radius 1 is 1.10 bits per heavy atom. The van der Waals surface area contributed by atoms with Crippen LogP contribution in [0.5, 0.6) is 0 Å². The van der Waals surface area contributed by atoms with Crippen LogP contribution in [-0.2, 0) is 6.54 Å². The molecule has 1 heterocycles. The lowest BCUT2D eigenvalue weighted by atomic mass is 10.0. The summed E-state index contributed by atoms with van der Waals surface area (Å²) in [6.07, 6.45) is 0. The molecular weight excluding hydrogens is 260 g/mol. The van der Waals surface area contributed by atoms with Gasteiger partial charge in [-0.25, -0.2) is 10.8 Å². The average molecular weight is 280 g/mol. The second-order valence-electron chi connectivity index (χ2n) is 5.55. The Labute approximate surface area is 124 Å². The van der Waals surface area contributed by atoms with Gasteiger partial charge in [-0.15, -0.1) is 0 Å². The number of hydrogen-bond acceptors (Lipinski definition) is 3. The molecular formula is C17H20N4. The van der Waals surface area contributed by atoms with Crippen molar-refractivity contribution in [2.45, 2.75) is 26.3 Å². The molecule has 21 heavy (non-hydrogen) atoms. The maximum Gasteiger partial charge on any atom is 0.218 e. The first-order chi connectivity index (χ1) is 10.2. The molecule has 0 fully saturated rings. The van der Waals surface area contributed by atoms with Gasteiger partial charge in [0.1, 0.15) is 0 Å². The molecule has 4 nitrogen and oxygen atoms in total. The summed E-state index contributed by atoms with van der Waals surface area (Å²) in [5.41, 5.74) is 7.31. The van der Waals surface area contributed by atoms with E-state index in [1.54, 1.807) is 0 Å². The summed E-state index contributed by atoms with van der Waals surface area (Å²) in [6, 6.07) is 16.8. The Hall–Kier alpha value is -2.33. The lowest BCUT2D eigenvalue weighted by molar-refractivity contribution is 0.821. The van der Waals surface area contributed by atoms with Crippen molar-refractivity contribution in [3.8, 4) is 0 Å². The van der Waals surface area contributed by atoms with Gasteiger partial charge < -0.3 is 4.57 Å². The van der Waals surface area contributed by atoms with E-state index >= 15 is 0 Å². The van der Waals surface area contributed by atoms with E-state index in [-0.39, 0.29) is 0 Å². The van der Waals surface area contributed by atoms with Crippen molar-refractivity contribution in [2.75, 3.05) is 5.43 Å². The van der Waals surface area contributed by atoms with E-state index < -0.39 is 0 Å². The van der Waals surface area contributed by atoms with Gasteiger partial charge in [-0.2, -0.15) is 0 Å². The monoisotopic (exact) mass is 280 g/mol. The first-order valence-electron chi connectivity index (χ1n) is 7.19. The molecule has 4 heteroatoms. The Balaban J connectivity index is 1.97. The molecule has 3 N–H and O–H groups in total. The number of imidazole rings is 1. The van der Waals surface area contributed by atoms with Crippen molar-refractivity contribution in [1.82, 2.24) is 9.55 Å². The number of fused-ring (bicyclic) bond motifs is 1. The van der Waals surface area contributed by atoms with Gasteiger partial charge >= 0.3 is 0 Å². The summed E-state index contributed by atoms with van der Waals surface area (Å²) in [5.74, 6) is 6.83. The van der Waals surface area contributed by atoms with Crippen molar-refractivity contribution >= 4 is 17.0 Å². The van der Waals surface area contributed by atoms with E-state index in [9.17, 15) is 0 Å². The molecule has 1 aromatic heterocycles. The lowest BCUT2D eigenvalue weighted by Gasteiger charge is -2.10. The molecule has 3 aromatic rings. The van der Waals surface area contributed by atoms with Crippen LogP contribution in [0.15, 0.2) is 48.5 Å². The number of nitrogens with zero attached hydrogens (tertiary/aromatic N) is 2. The molecule has 3 rings (SSSR count). The van der Waals surface area contributed by atoms with Gasteiger partial charge in [-0.1, -0.05) is 50.2 Å². The number of nitrogens with two attached hydrogens (primary N) is 1. The number of anilines is 1. The molecule has 0 saturated heterocycles. The maximum atomic E-state index is 5.60. The summed E-state index contributed by atoms with van der Waals surface area (Å²) < 4.78 is 2.10. The van der Waals surface area contributed by atoms with Gasteiger partial charge in [0.05, 0.1) is 17.6 Å². The predicted octanol–water partition coefficient (Wildman–Crippen LogP) is 3.49. The topological polar surface area (TPSA) is 55.9 Å². The van der Waals surface area contributed by atoms with Crippen molar-refractivity contribution in [1.29, 1.82) is 0 Å². The molecule has 0 unspecified atom stereocenters. The van der Waals surface area contributed by atoms with Crippen molar-refractivity contribution in [3.63, 3.8) is 0 Å². The zero-order valence-electron chi connectivity index (χ0n) is 12.4. The van der Waals surface area contributed by atoms with Crippen molar-refractivity contribution in [3.05, 3.63) is 59.7 Å². The Kier molecular flexibility index (Phi) is 3.62. The summed E-state index contributed by atoms with van der Waals surface area (Å²) in [4.78, 5) is 4.50. The normalized spacial score (nSPS) is 11.2. The van der Waals surface area contributed by atoms with Crippen LogP contribution in [0.2, 0.25) is 0 Å². The number of nitrogens with one attached hydrogen (secondary N) is 1. The average Bonchev–Trinajstić information content (AvgIpc) is 2.86. The highest BCUT2D eigenvalue weighted by molar-refractivity contribution is 5.78. The van der Waals surface area contributed by atoms with Gasteiger partial charge in [0.15, 0.2) is 0 Å². The molecule has 0 atom stereocenters. The third-order valence-electron chi connectivity index (χ3n) is 3.77. The van der Waals surface area contributed by atoms with Gasteiger partial charge in [-0.3, -0.25) is 5.43 Å². The zero-order chi connectivity index (χ0) is 14.8. The van der Waals surface area contributed by atoms with E-state index in [0.717, 1.165) is 17.6 Å². The minimum absolute atomic E-state index is 0.550. The fraction of sp³-hybridized carbons (Fsp3) is 0.235. The van der Waals surface area contributed by atoms with E-state index in [1.807, 2.05) is 18.2 Å². The molecule has 0 saturated carbocycles. The minimum atomic E-state index is 0.550. The van der Waals surface area contributed by atoms with Crippen molar-refractivity contribution < 1.29 is 0 Å². The third kappa shape index (κ3) is 2.62. The highest BCUT2D eigenvalue weighted by Gasteiger charge is 2.09. The van der Waals surface area contributed by atoms with Crippen LogP contribution in [0, 0.1) is 0 Å². The molecule has 2 aromatic carbocycles. The van der Waals surface area contributed by atoms with Crippen LogP contribution in [-0.4, -0.2) is 9.55 Å². The van der Waals surface area contributed by atoms with E-state index in [0.29, 0.717) is 11.9 Å². The number of para-hydroxylation sites is 2. The van der Waals surface area contributed by atoms with Gasteiger partial charge in [-0.05, 0) is 29.2 Å². The Morgan fingerprint density at radius 3 is 2.48 bits per heavy atom. The quantitative estimate of drug-likeness (QED) is 0.568. The second-order valence-corrected chi connectivity index (χ2v) is 5.55. The maximum absolute atomic E-state index is 5.60. The number of benzene rings is 2. The van der Waals surface area contributed by atoms with Gasteiger partial charge in [0.2, 0.25) is 5.95 Å². The Bertz CT molecular complexity index is 741. The standard InChI is InChI=1S/C17H20N4/c1-12(2)14-9-7-13(8-10-14)11-21-16-6-4-3-5-15(16)19-17(21)20-18/h3-10,12H,11,18H2,1-2H3,(H,19,20). The Morgan fingerprint density at radius 2 is 1.81 bits per heavy atom. The molecule has 0 spiro atoms. The largest absolute Gasteiger partial charge is 0.305 e. The summed E-state index contributed by atoms with van der Waals surface area (Å²) in [5, 5.41) is 0. The van der Waals surface area contributed by atoms with Crippen LogP contribution in [0.25, 0.3) is 11.0 Å². The van der Waals surface area contributed by atoms with Crippen LogP contribution in [0.3, 0.4) is 0 Å². The summed E-state index contributed by atoms with van der Waals surface area (Å²) >= 11 is 0. The third-order valence-corrected chi connectivity index (χ3v) is 3.77. The highest BCUT2D eigenvalue weighted by atomic mass is 15.3. The number of nitrogen functional groups attached to an aromatic ring is 1. The van der Waals surface area contributed by atoms with E-state index in [1.165, 1.54) is 11.1 Å². The van der Waals surface area contributed by atoms with E-state index in [2.05, 4.69) is 59.2 Å². The number of hydrogen-bond donors (Lipinski definition) is 2. The fourth-order valence-corrected chi connectivity index (χ4v) is 2.54. The summed E-state index contributed by atoms with van der Waals surface area (Å²) in [7, 11) is 0. The number of rotatable bonds is 4. The molecule has 108 valence electrons. The molecule has 0 aliphatic rings. The smallest absolute Gasteiger partial charge is 0.218 e. The molecule has 0 aliphatic heterocycles. The minimum Gasteiger partial charge on any atom is -0.305 e. The molecule has 0 amide bonds. The van der Waals surface area contributed by atoms with Gasteiger partial charge in [0, 0.05) is 0 Å². The zero-order valence-corrected chi connectivity index (χ0v) is 12.4. The highest BCUT2D eigenvalue weighted by Crippen LogP contribution is 2.21. The summed E-state index contributed by atoms with van der Waals surface area (Å²) in [6.45, 7) is 5.15. The van der Waals surface area contributed by atoms with Crippen LogP contribution in [0.4, 0.5) is 5.95 Å². The molecule has 0 radical (unpaired) electrons. The van der Waals surface area contributed by atoms with Gasteiger partial charge in [0.25, 0.3) is 0 Å². The SMILES string of the molecule is CC(C)c1ccc(Cn2c(NN)nc3ccccc32)cc1. The fourth-order valence-electron chi connectivity index (χ4n) is 2.54. The van der Waals surface area contributed by atoms with Crippen LogP contribution < -0.4 is 11.3 Å². The molecule has 0 bridgehead atoms. The number of hydrazine groups is 1. The number of aromatic nitrogens is 2. The first kappa shape index (κ1) is 13.6. The van der Waals surface area contributed by atoms with Crippen LogP contribution in [0.1, 0.15) is 30.9 Å². The van der Waals surface area contributed by atoms with Crippen molar-refractivity contribution in [2.24, 2.45) is 5.84 Å². The first-order valence-corrected chi connectivity index (χ1v) is 7.19.